The van der Waals surface area contributed by atoms with E-state index in [0.29, 0.717) is 6.54 Å². The van der Waals surface area contributed by atoms with Crippen LogP contribution >= 0.6 is 0 Å². The van der Waals surface area contributed by atoms with Crippen LogP contribution in [-0.2, 0) is 9.59 Å². The van der Waals surface area contributed by atoms with E-state index in [1.807, 2.05) is 6.92 Å². The number of hydrogen-bond donors (Lipinski definition) is 1. The smallest absolute Gasteiger partial charge is 0.248 e. The van der Waals surface area contributed by atoms with E-state index in [1.165, 1.54) is 12.8 Å². The lowest BCUT2D eigenvalue weighted by atomic mass is 9.94. The average Bonchev–Trinajstić information content (AvgIpc) is 2.34. The Morgan fingerprint density at radius 2 is 1.79 bits per heavy atom. The van der Waals surface area contributed by atoms with Crippen LogP contribution in [0.5, 0.6) is 0 Å². The Kier molecular flexibility index (Phi) is 5.83. The zero-order valence-corrected chi connectivity index (χ0v) is 12.8. The first-order valence-corrected chi connectivity index (χ1v) is 7.57. The average molecular weight is 268 g/mol. The summed E-state index contributed by atoms with van der Waals surface area (Å²) in [6.07, 6.45) is 6.15. The van der Waals surface area contributed by atoms with Crippen LogP contribution in [0.1, 0.15) is 66.2 Å². The monoisotopic (exact) mass is 268 g/mol. The second kappa shape index (κ2) is 6.92. The van der Waals surface area contributed by atoms with E-state index in [2.05, 4.69) is 12.2 Å². The molecular formula is C15H28N2O2. The molecule has 0 aliphatic carbocycles. The maximum absolute atomic E-state index is 12.5. The van der Waals surface area contributed by atoms with Crippen molar-refractivity contribution in [1.82, 2.24) is 10.2 Å². The summed E-state index contributed by atoms with van der Waals surface area (Å²) in [6, 6.07) is -0.271. The number of hydrogen-bond acceptors (Lipinski definition) is 2. The summed E-state index contributed by atoms with van der Waals surface area (Å²) in [6.45, 7) is 8.50. The number of rotatable bonds is 7. The molecule has 0 aromatic heterocycles. The number of piperazine rings is 1. The highest BCUT2D eigenvalue weighted by Gasteiger charge is 2.44. The Morgan fingerprint density at radius 3 is 2.37 bits per heavy atom. The Balaban J connectivity index is 2.72. The fourth-order valence-corrected chi connectivity index (χ4v) is 2.61. The zero-order valence-electron chi connectivity index (χ0n) is 12.8. The maximum atomic E-state index is 12.5. The van der Waals surface area contributed by atoms with Crippen LogP contribution in [0.2, 0.25) is 0 Å². The molecular weight excluding hydrogens is 240 g/mol. The first-order valence-electron chi connectivity index (χ1n) is 7.57. The van der Waals surface area contributed by atoms with Gasteiger partial charge in [0, 0.05) is 6.54 Å². The van der Waals surface area contributed by atoms with Crippen molar-refractivity contribution >= 4 is 11.8 Å². The molecule has 19 heavy (non-hydrogen) atoms. The van der Waals surface area contributed by atoms with E-state index >= 15 is 0 Å². The van der Waals surface area contributed by atoms with E-state index in [4.69, 9.17) is 0 Å². The minimum absolute atomic E-state index is 0.00180. The number of carbonyl (C=O) groups is 2. The topological polar surface area (TPSA) is 49.4 Å². The van der Waals surface area contributed by atoms with Gasteiger partial charge >= 0.3 is 0 Å². The highest BCUT2D eigenvalue weighted by molar-refractivity contribution is 5.99. The molecule has 4 heteroatoms. The molecule has 1 unspecified atom stereocenters. The Hall–Kier alpha value is -1.06. The van der Waals surface area contributed by atoms with E-state index in [0.717, 1.165) is 25.7 Å². The molecule has 1 rings (SSSR count). The first kappa shape index (κ1) is 16.0. The molecule has 4 nitrogen and oxygen atoms in total. The first-order chi connectivity index (χ1) is 8.94. The van der Waals surface area contributed by atoms with Gasteiger partial charge in [0.15, 0.2) is 0 Å². The molecule has 1 heterocycles. The molecule has 110 valence electrons. The number of nitrogens with one attached hydrogen (secondary N) is 1. The van der Waals surface area contributed by atoms with Crippen molar-refractivity contribution in [2.45, 2.75) is 77.8 Å². The lowest BCUT2D eigenvalue weighted by molar-refractivity contribution is -0.153. The third-order valence-corrected chi connectivity index (χ3v) is 3.72. The fourth-order valence-electron chi connectivity index (χ4n) is 2.61. The van der Waals surface area contributed by atoms with Crippen LogP contribution in [0.3, 0.4) is 0 Å². The number of amides is 2. The molecule has 0 aromatic carbocycles. The van der Waals surface area contributed by atoms with Gasteiger partial charge < -0.3 is 10.2 Å². The minimum atomic E-state index is -0.758. The summed E-state index contributed by atoms with van der Waals surface area (Å²) in [4.78, 5) is 26.4. The SMILES string of the molecule is CCCCCCN1C(=O)C(C)(C)NC(=O)C1CCC. The number of unbranched alkanes of at least 4 members (excludes halogenated alkanes) is 3. The highest BCUT2D eigenvalue weighted by Crippen LogP contribution is 2.21. The predicted molar refractivity (Wildman–Crippen MR) is 76.8 cm³/mol. The van der Waals surface area contributed by atoms with Gasteiger partial charge in [0.05, 0.1) is 0 Å². The van der Waals surface area contributed by atoms with Gasteiger partial charge in [-0.3, -0.25) is 9.59 Å². The third kappa shape index (κ3) is 3.95. The largest absolute Gasteiger partial charge is 0.340 e. The van der Waals surface area contributed by atoms with Crippen LogP contribution in [0.25, 0.3) is 0 Å². The number of nitrogens with zero attached hydrogens (tertiary/aromatic N) is 1. The molecule has 0 spiro atoms. The van der Waals surface area contributed by atoms with Gasteiger partial charge in [-0.25, -0.2) is 0 Å². The Labute approximate surface area is 116 Å². The minimum Gasteiger partial charge on any atom is -0.340 e. The summed E-state index contributed by atoms with van der Waals surface area (Å²) in [7, 11) is 0. The maximum Gasteiger partial charge on any atom is 0.248 e. The second-order valence-corrected chi connectivity index (χ2v) is 5.98. The molecule has 2 amide bonds. The summed E-state index contributed by atoms with van der Waals surface area (Å²) in [5.74, 6) is 0.0592. The predicted octanol–water partition coefficient (Wildman–Crippen LogP) is 2.47. The molecule has 0 saturated carbocycles. The van der Waals surface area contributed by atoms with Crippen LogP contribution < -0.4 is 5.32 Å². The Morgan fingerprint density at radius 1 is 1.11 bits per heavy atom. The van der Waals surface area contributed by atoms with Crippen molar-refractivity contribution in [3.8, 4) is 0 Å². The van der Waals surface area contributed by atoms with Gasteiger partial charge in [0.25, 0.3) is 0 Å². The number of carbonyl (C=O) groups excluding carboxylic acids is 2. The molecule has 1 fully saturated rings. The molecule has 1 aliphatic heterocycles. The molecule has 1 N–H and O–H groups in total. The van der Waals surface area contributed by atoms with Crippen molar-refractivity contribution in [3.05, 3.63) is 0 Å². The van der Waals surface area contributed by atoms with Crippen molar-refractivity contribution in [2.24, 2.45) is 0 Å². The van der Waals surface area contributed by atoms with Crippen molar-refractivity contribution in [2.75, 3.05) is 6.54 Å². The zero-order chi connectivity index (χ0) is 14.5. The molecule has 1 saturated heterocycles. The van der Waals surface area contributed by atoms with Gasteiger partial charge in [0.1, 0.15) is 11.6 Å². The van der Waals surface area contributed by atoms with Crippen molar-refractivity contribution in [3.63, 3.8) is 0 Å². The van der Waals surface area contributed by atoms with Crippen LogP contribution in [0.15, 0.2) is 0 Å². The van der Waals surface area contributed by atoms with E-state index in [9.17, 15) is 9.59 Å². The molecule has 1 aliphatic rings. The van der Waals surface area contributed by atoms with Crippen LogP contribution in [0, 0.1) is 0 Å². The van der Waals surface area contributed by atoms with E-state index in [-0.39, 0.29) is 17.9 Å². The van der Waals surface area contributed by atoms with Gasteiger partial charge in [0.2, 0.25) is 11.8 Å². The summed E-state index contributed by atoms with van der Waals surface area (Å²) >= 11 is 0. The summed E-state index contributed by atoms with van der Waals surface area (Å²) < 4.78 is 0. The van der Waals surface area contributed by atoms with E-state index in [1.54, 1.807) is 18.7 Å². The summed E-state index contributed by atoms with van der Waals surface area (Å²) in [5, 5.41) is 2.84. The van der Waals surface area contributed by atoms with Gasteiger partial charge in [-0.05, 0) is 26.7 Å². The summed E-state index contributed by atoms with van der Waals surface area (Å²) in [5.41, 5.74) is -0.758. The lowest BCUT2D eigenvalue weighted by Crippen LogP contribution is -2.68. The van der Waals surface area contributed by atoms with Gasteiger partial charge in [-0.1, -0.05) is 39.5 Å². The standard InChI is InChI=1S/C15H28N2O2/c1-5-7-8-9-11-17-12(10-6-2)13(18)16-15(3,4)14(17)19/h12H,5-11H2,1-4H3,(H,16,18). The molecule has 1 atom stereocenters. The second-order valence-electron chi connectivity index (χ2n) is 5.98. The quantitative estimate of drug-likeness (QED) is 0.721. The molecule has 0 radical (unpaired) electrons. The van der Waals surface area contributed by atoms with Gasteiger partial charge in [-0.15, -0.1) is 0 Å². The van der Waals surface area contributed by atoms with Crippen molar-refractivity contribution in [1.29, 1.82) is 0 Å². The molecule has 0 bridgehead atoms. The van der Waals surface area contributed by atoms with Gasteiger partial charge in [-0.2, -0.15) is 0 Å². The van der Waals surface area contributed by atoms with Crippen LogP contribution in [0.4, 0.5) is 0 Å². The fraction of sp³-hybridized carbons (Fsp3) is 0.867. The van der Waals surface area contributed by atoms with E-state index < -0.39 is 5.54 Å². The van der Waals surface area contributed by atoms with Crippen molar-refractivity contribution < 1.29 is 9.59 Å². The lowest BCUT2D eigenvalue weighted by Gasteiger charge is -2.43. The highest BCUT2D eigenvalue weighted by atomic mass is 16.2. The van der Waals surface area contributed by atoms with Crippen LogP contribution in [-0.4, -0.2) is 34.8 Å². The molecule has 0 aromatic rings. The third-order valence-electron chi connectivity index (χ3n) is 3.72. The normalized spacial score (nSPS) is 22.5. The Bertz CT molecular complexity index is 326.